The highest BCUT2D eigenvalue weighted by Gasteiger charge is 2.24. The van der Waals surface area contributed by atoms with E-state index in [4.69, 9.17) is 0 Å². The van der Waals surface area contributed by atoms with Gasteiger partial charge in [0.15, 0.2) is 0 Å². The van der Waals surface area contributed by atoms with Gasteiger partial charge in [-0.25, -0.2) is 4.98 Å². The molecule has 1 N–H and O–H groups in total. The molecule has 4 heteroatoms. The molecule has 2 unspecified atom stereocenters. The molecule has 1 saturated carbocycles. The minimum Gasteiger partial charge on any atom is -0.316 e. The molecule has 0 aromatic carbocycles. The Kier molecular flexibility index (Phi) is 5.32. The van der Waals surface area contributed by atoms with E-state index in [9.17, 15) is 0 Å². The number of halogens is 1. The van der Waals surface area contributed by atoms with Crippen LogP contribution in [0.4, 0.5) is 0 Å². The van der Waals surface area contributed by atoms with Gasteiger partial charge in [0.25, 0.3) is 0 Å². The normalized spacial score (nSPS) is 25.5. The van der Waals surface area contributed by atoms with Crippen LogP contribution in [0.1, 0.15) is 32.1 Å². The minimum atomic E-state index is 0.622. The van der Waals surface area contributed by atoms with Gasteiger partial charge in [0.1, 0.15) is 5.03 Å². The largest absolute Gasteiger partial charge is 0.316 e. The third kappa shape index (κ3) is 3.70. The first-order valence-electron chi connectivity index (χ1n) is 6.25. The van der Waals surface area contributed by atoms with Crippen molar-refractivity contribution in [1.82, 2.24) is 10.3 Å². The van der Waals surface area contributed by atoms with E-state index in [1.165, 1.54) is 32.1 Å². The second-order valence-corrected chi connectivity index (χ2v) is 6.56. The molecule has 0 amide bonds. The van der Waals surface area contributed by atoms with Crippen LogP contribution in [0.5, 0.6) is 0 Å². The van der Waals surface area contributed by atoms with Crippen molar-refractivity contribution in [3.8, 4) is 0 Å². The second kappa shape index (κ2) is 6.76. The summed E-state index contributed by atoms with van der Waals surface area (Å²) in [7, 11) is 2.08. The standard InChI is InChI=1S/C13H19BrN2S/c1-15-11-7-3-2-4-8-12(11)17-13-10(14)6-5-9-16-13/h5-6,9,11-12,15H,2-4,7-8H2,1H3. The number of hydrogen-bond donors (Lipinski definition) is 1. The van der Waals surface area contributed by atoms with Crippen LogP contribution < -0.4 is 5.32 Å². The molecule has 2 rings (SSSR count). The molecule has 0 saturated heterocycles. The summed E-state index contributed by atoms with van der Waals surface area (Å²) in [6.07, 6.45) is 8.53. The Morgan fingerprint density at radius 1 is 1.35 bits per heavy atom. The summed E-state index contributed by atoms with van der Waals surface area (Å²) in [5.74, 6) is 0. The molecule has 0 radical (unpaired) electrons. The molecule has 1 aromatic heterocycles. The Balaban J connectivity index is 2.07. The van der Waals surface area contributed by atoms with Gasteiger partial charge in [0, 0.05) is 22.0 Å². The van der Waals surface area contributed by atoms with Crippen LogP contribution in [0.2, 0.25) is 0 Å². The highest BCUT2D eigenvalue weighted by Crippen LogP contribution is 2.35. The first-order valence-corrected chi connectivity index (χ1v) is 7.93. The lowest BCUT2D eigenvalue weighted by Gasteiger charge is -2.24. The van der Waals surface area contributed by atoms with Crippen molar-refractivity contribution in [3.63, 3.8) is 0 Å². The number of thioether (sulfide) groups is 1. The Morgan fingerprint density at radius 2 is 2.18 bits per heavy atom. The minimum absolute atomic E-state index is 0.622. The van der Waals surface area contributed by atoms with Gasteiger partial charge < -0.3 is 5.32 Å². The van der Waals surface area contributed by atoms with E-state index < -0.39 is 0 Å². The van der Waals surface area contributed by atoms with E-state index in [-0.39, 0.29) is 0 Å². The average Bonchev–Trinajstić information content (AvgIpc) is 2.57. The number of nitrogens with zero attached hydrogens (tertiary/aromatic N) is 1. The van der Waals surface area contributed by atoms with Gasteiger partial charge in [0.2, 0.25) is 0 Å². The van der Waals surface area contributed by atoms with Crippen molar-refractivity contribution in [2.75, 3.05) is 7.05 Å². The number of aromatic nitrogens is 1. The van der Waals surface area contributed by atoms with Gasteiger partial charge in [-0.3, -0.25) is 0 Å². The van der Waals surface area contributed by atoms with Gasteiger partial charge in [-0.15, -0.1) is 11.8 Å². The van der Waals surface area contributed by atoms with E-state index in [1.807, 2.05) is 24.0 Å². The fourth-order valence-corrected chi connectivity index (χ4v) is 4.19. The van der Waals surface area contributed by atoms with Crippen molar-refractivity contribution in [1.29, 1.82) is 0 Å². The predicted octanol–water partition coefficient (Wildman–Crippen LogP) is 3.86. The highest BCUT2D eigenvalue weighted by molar-refractivity contribution is 9.10. The molecule has 0 aliphatic heterocycles. The molecule has 94 valence electrons. The van der Waals surface area contributed by atoms with Crippen LogP contribution in [0.15, 0.2) is 27.8 Å². The average molecular weight is 315 g/mol. The Bertz CT molecular complexity index is 359. The van der Waals surface area contributed by atoms with Crippen LogP contribution in [-0.2, 0) is 0 Å². The molecule has 0 bridgehead atoms. The molecule has 2 atom stereocenters. The fourth-order valence-electron chi connectivity index (χ4n) is 2.35. The predicted molar refractivity (Wildman–Crippen MR) is 77.5 cm³/mol. The zero-order valence-electron chi connectivity index (χ0n) is 10.2. The Labute approximate surface area is 116 Å². The van der Waals surface area contributed by atoms with Crippen LogP contribution in [0.3, 0.4) is 0 Å². The monoisotopic (exact) mass is 314 g/mol. The molecule has 1 fully saturated rings. The fraction of sp³-hybridized carbons (Fsp3) is 0.615. The summed E-state index contributed by atoms with van der Waals surface area (Å²) in [4.78, 5) is 4.46. The van der Waals surface area contributed by atoms with E-state index in [0.717, 1.165) is 9.50 Å². The zero-order chi connectivity index (χ0) is 12.1. The van der Waals surface area contributed by atoms with Crippen molar-refractivity contribution >= 4 is 27.7 Å². The summed E-state index contributed by atoms with van der Waals surface area (Å²) >= 11 is 5.50. The molecular weight excluding hydrogens is 296 g/mol. The van der Waals surface area contributed by atoms with Crippen LogP contribution >= 0.6 is 27.7 Å². The molecule has 1 aromatic rings. The molecule has 17 heavy (non-hydrogen) atoms. The lowest BCUT2D eigenvalue weighted by atomic mass is 10.1. The summed E-state index contributed by atoms with van der Waals surface area (Å²) in [5, 5.41) is 5.24. The summed E-state index contributed by atoms with van der Waals surface area (Å²) < 4.78 is 1.11. The van der Waals surface area contributed by atoms with E-state index in [0.29, 0.717) is 11.3 Å². The topological polar surface area (TPSA) is 24.9 Å². The maximum Gasteiger partial charge on any atom is 0.110 e. The van der Waals surface area contributed by atoms with Crippen LogP contribution in [0.25, 0.3) is 0 Å². The van der Waals surface area contributed by atoms with E-state index in [2.05, 4.69) is 39.3 Å². The molecule has 1 heterocycles. The van der Waals surface area contributed by atoms with Gasteiger partial charge in [-0.1, -0.05) is 19.3 Å². The van der Waals surface area contributed by atoms with Gasteiger partial charge in [-0.05, 0) is 48.0 Å². The summed E-state index contributed by atoms with van der Waals surface area (Å²) in [6.45, 7) is 0. The van der Waals surface area contributed by atoms with Crippen molar-refractivity contribution < 1.29 is 0 Å². The molecular formula is C13H19BrN2S. The van der Waals surface area contributed by atoms with Crippen LogP contribution in [0, 0.1) is 0 Å². The quantitative estimate of drug-likeness (QED) is 0.858. The molecule has 1 aliphatic carbocycles. The SMILES string of the molecule is CNC1CCCCCC1Sc1ncccc1Br. The lowest BCUT2D eigenvalue weighted by molar-refractivity contribution is 0.510. The summed E-state index contributed by atoms with van der Waals surface area (Å²) in [5.41, 5.74) is 0. The van der Waals surface area contributed by atoms with Crippen molar-refractivity contribution in [3.05, 3.63) is 22.8 Å². The number of rotatable bonds is 3. The molecule has 1 aliphatic rings. The van der Waals surface area contributed by atoms with E-state index >= 15 is 0 Å². The summed E-state index contributed by atoms with van der Waals surface area (Å²) in [6, 6.07) is 4.66. The van der Waals surface area contributed by atoms with Crippen molar-refractivity contribution in [2.24, 2.45) is 0 Å². The third-order valence-electron chi connectivity index (χ3n) is 3.31. The highest BCUT2D eigenvalue weighted by atomic mass is 79.9. The van der Waals surface area contributed by atoms with Crippen LogP contribution in [-0.4, -0.2) is 23.3 Å². The Hall–Kier alpha value is -0.0600. The lowest BCUT2D eigenvalue weighted by Crippen LogP contribution is -2.34. The number of hydrogen-bond acceptors (Lipinski definition) is 3. The first kappa shape index (κ1) is 13.4. The first-order chi connectivity index (χ1) is 8.31. The van der Waals surface area contributed by atoms with Gasteiger partial charge in [0.05, 0.1) is 0 Å². The Morgan fingerprint density at radius 3 is 2.94 bits per heavy atom. The van der Waals surface area contributed by atoms with Gasteiger partial charge >= 0.3 is 0 Å². The van der Waals surface area contributed by atoms with E-state index in [1.54, 1.807) is 0 Å². The maximum absolute atomic E-state index is 4.46. The van der Waals surface area contributed by atoms with Crippen molar-refractivity contribution in [2.45, 2.75) is 48.4 Å². The number of pyridine rings is 1. The third-order valence-corrected chi connectivity index (χ3v) is 5.63. The molecule has 0 spiro atoms. The number of nitrogens with one attached hydrogen (secondary N) is 1. The smallest absolute Gasteiger partial charge is 0.110 e. The molecule has 2 nitrogen and oxygen atoms in total. The maximum atomic E-state index is 4.46. The second-order valence-electron chi connectivity index (χ2n) is 4.48. The van der Waals surface area contributed by atoms with Gasteiger partial charge in [-0.2, -0.15) is 0 Å². The zero-order valence-corrected chi connectivity index (χ0v) is 12.6.